The molecule has 0 radical (unpaired) electrons. The van der Waals surface area contributed by atoms with E-state index in [1.165, 1.54) is 12.0 Å². The number of aliphatic hydroxyl groups is 2. The van der Waals surface area contributed by atoms with Gasteiger partial charge < -0.3 is 14.9 Å². The molecule has 0 bridgehead atoms. The summed E-state index contributed by atoms with van der Waals surface area (Å²) in [4.78, 5) is 12.0. The summed E-state index contributed by atoms with van der Waals surface area (Å²) < 4.78 is 5.95. The molecular weight excluding hydrogens is 352 g/mol. The second-order valence-electron chi connectivity index (χ2n) is 10.5. The van der Waals surface area contributed by atoms with Gasteiger partial charge in [0.05, 0.1) is 25.4 Å². The van der Waals surface area contributed by atoms with Crippen LogP contribution < -0.4 is 0 Å². The van der Waals surface area contributed by atoms with Crippen LogP contribution in [0.25, 0.3) is 0 Å². The topological polar surface area (TPSA) is 66.8 Å². The van der Waals surface area contributed by atoms with Gasteiger partial charge in [-0.25, -0.2) is 0 Å². The molecule has 3 saturated carbocycles. The van der Waals surface area contributed by atoms with E-state index in [2.05, 4.69) is 27.7 Å². The molecule has 0 spiro atoms. The average molecular weight is 391 g/mol. The second kappa shape index (κ2) is 7.21. The predicted octanol–water partition coefficient (Wildman–Crippen LogP) is 3.75. The minimum Gasteiger partial charge on any atom is -0.394 e. The highest BCUT2D eigenvalue weighted by molar-refractivity contribution is 5.91. The molecule has 4 rings (SSSR count). The third-order valence-corrected chi connectivity index (χ3v) is 9.71. The Balaban J connectivity index is 1.67. The summed E-state index contributed by atoms with van der Waals surface area (Å²) >= 11 is 0. The molecule has 0 heterocycles. The van der Waals surface area contributed by atoms with Gasteiger partial charge in [-0.15, -0.1) is 0 Å². The molecule has 4 aliphatic carbocycles. The summed E-state index contributed by atoms with van der Waals surface area (Å²) in [5, 5.41) is 20.8. The molecule has 158 valence electrons. The van der Waals surface area contributed by atoms with Crippen molar-refractivity contribution in [1.82, 2.24) is 0 Å². The summed E-state index contributed by atoms with van der Waals surface area (Å²) in [7, 11) is 0. The van der Waals surface area contributed by atoms with Gasteiger partial charge in [0, 0.05) is 6.42 Å². The van der Waals surface area contributed by atoms with Gasteiger partial charge >= 0.3 is 0 Å². The molecule has 0 aliphatic heterocycles. The minimum atomic E-state index is -0.334. The summed E-state index contributed by atoms with van der Waals surface area (Å²) in [6, 6.07) is 0. The van der Waals surface area contributed by atoms with Crippen molar-refractivity contribution in [3.05, 3.63) is 11.6 Å². The Morgan fingerprint density at radius 1 is 1.25 bits per heavy atom. The lowest BCUT2D eigenvalue weighted by Gasteiger charge is -2.62. The minimum absolute atomic E-state index is 0.0249. The molecule has 3 fully saturated rings. The number of aliphatic hydroxyl groups excluding tert-OH is 2. The summed E-state index contributed by atoms with van der Waals surface area (Å²) in [5.74, 6) is 2.30. The van der Waals surface area contributed by atoms with Gasteiger partial charge in [-0.3, -0.25) is 4.79 Å². The highest BCUT2D eigenvalue weighted by atomic mass is 16.5. The van der Waals surface area contributed by atoms with Crippen LogP contribution in [-0.2, 0) is 9.53 Å². The van der Waals surface area contributed by atoms with Crippen molar-refractivity contribution >= 4 is 5.78 Å². The van der Waals surface area contributed by atoms with E-state index in [1.54, 1.807) is 0 Å². The fourth-order valence-electron chi connectivity index (χ4n) is 8.15. The number of hydrogen-bond donors (Lipinski definition) is 2. The molecule has 4 heteroatoms. The van der Waals surface area contributed by atoms with Gasteiger partial charge in [0.2, 0.25) is 0 Å². The third-order valence-electron chi connectivity index (χ3n) is 9.71. The first-order chi connectivity index (χ1) is 13.2. The maximum Gasteiger partial charge on any atom is 0.155 e. The largest absolute Gasteiger partial charge is 0.394 e. The molecule has 0 aromatic rings. The lowest BCUT2D eigenvalue weighted by molar-refractivity contribution is -0.178. The number of rotatable bonds is 4. The van der Waals surface area contributed by atoms with Crippen LogP contribution in [0.2, 0.25) is 0 Å². The highest BCUT2D eigenvalue weighted by Gasteiger charge is 2.65. The molecule has 0 unspecified atom stereocenters. The molecule has 2 N–H and O–H groups in total. The predicted molar refractivity (Wildman–Crippen MR) is 109 cm³/mol. The highest BCUT2D eigenvalue weighted by Crippen LogP contribution is 2.68. The molecular formula is C24H38O4. The van der Waals surface area contributed by atoms with Gasteiger partial charge in [-0.2, -0.15) is 0 Å². The average Bonchev–Trinajstić information content (AvgIpc) is 3.02. The van der Waals surface area contributed by atoms with E-state index >= 15 is 0 Å². The zero-order valence-corrected chi connectivity index (χ0v) is 18.0. The lowest BCUT2D eigenvalue weighted by Crippen LogP contribution is -2.61. The fraction of sp³-hybridized carbons (Fsp3) is 0.875. The van der Waals surface area contributed by atoms with Gasteiger partial charge in [0.25, 0.3) is 0 Å². The maximum atomic E-state index is 12.0. The molecule has 0 amide bonds. The number of hydrogen-bond acceptors (Lipinski definition) is 4. The van der Waals surface area contributed by atoms with Crippen LogP contribution in [0.4, 0.5) is 0 Å². The third kappa shape index (κ3) is 2.78. The number of ketones is 1. The van der Waals surface area contributed by atoms with E-state index in [0.29, 0.717) is 30.8 Å². The monoisotopic (exact) mass is 390 g/mol. The van der Waals surface area contributed by atoms with Gasteiger partial charge in [0.15, 0.2) is 5.78 Å². The SMILES string of the molecule is C[C@@H](OCCO)[C@H]1CC[C@H]2[C@@H]3CCC4=CC(=O)CC[C@]4(C)[C@H]3[C@H](O)[C@H](C)[C@]12C. The first kappa shape index (κ1) is 20.6. The molecule has 28 heavy (non-hydrogen) atoms. The Labute approximate surface area is 169 Å². The van der Waals surface area contributed by atoms with E-state index < -0.39 is 0 Å². The normalized spacial score (nSPS) is 49.1. The number of allylic oxidation sites excluding steroid dienone is 1. The van der Waals surface area contributed by atoms with E-state index in [1.807, 2.05) is 6.08 Å². The van der Waals surface area contributed by atoms with Crippen molar-refractivity contribution in [1.29, 1.82) is 0 Å². The number of ether oxygens (including phenoxy) is 1. The van der Waals surface area contributed by atoms with Crippen molar-refractivity contribution in [2.75, 3.05) is 13.2 Å². The quantitative estimate of drug-likeness (QED) is 0.767. The van der Waals surface area contributed by atoms with Gasteiger partial charge in [-0.05, 0) is 85.5 Å². The van der Waals surface area contributed by atoms with Crippen LogP contribution in [0.15, 0.2) is 11.6 Å². The smallest absolute Gasteiger partial charge is 0.155 e. The fourth-order valence-corrected chi connectivity index (χ4v) is 8.15. The summed E-state index contributed by atoms with van der Waals surface area (Å²) in [6.07, 6.45) is 7.67. The van der Waals surface area contributed by atoms with Crippen LogP contribution >= 0.6 is 0 Å². The van der Waals surface area contributed by atoms with E-state index in [0.717, 1.165) is 25.7 Å². The van der Waals surface area contributed by atoms with Gasteiger partial charge in [-0.1, -0.05) is 26.3 Å². The van der Waals surface area contributed by atoms with Crippen LogP contribution in [0.3, 0.4) is 0 Å². The van der Waals surface area contributed by atoms with Crippen LogP contribution in [0, 0.1) is 40.4 Å². The first-order valence-corrected chi connectivity index (χ1v) is 11.4. The van der Waals surface area contributed by atoms with E-state index in [4.69, 9.17) is 9.84 Å². The maximum absolute atomic E-state index is 12.0. The molecule has 4 nitrogen and oxygen atoms in total. The standard InChI is InChI=1S/C24H38O4/c1-14-22(27)21-18(6-5-16-13-17(26)9-10-23(16,21)3)20-8-7-19(24(14,20)4)15(2)28-12-11-25/h13-15,18-22,25,27H,5-12H2,1-4H3/t14-,15+,18-,19+,20-,21+,22+,23-,24+/m0/s1. The Morgan fingerprint density at radius 2 is 2.00 bits per heavy atom. The van der Waals surface area contributed by atoms with Crippen molar-refractivity contribution in [2.24, 2.45) is 40.4 Å². The van der Waals surface area contributed by atoms with E-state index in [9.17, 15) is 9.90 Å². The van der Waals surface area contributed by atoms with E-state index in [-0.39, 0.29) is 47.3 Å². The zero-order valence-electron chi connectivity index (χ0n) is 18.0. The number of carbonyl (C=O) groups is 1. The summed E-state index contributed by atoms with van der Waals surface area (Å²) in [5.41, 5.74) is 1.34. The first-order valence-electron chi connectivity index (χ1n) is 11.4. The molecule has 0 aromatic heterocycles. The Morgan fingerprint density at radius 3 is 2.71 bits per heavy atom. The lowest BCUT2D eigenvalue weighted by atomic mass is 9.43. The Bertz CT molecular complexity index is 657. The Kier molecular flexibility index (Phi) is 5.29. The molecule has 0 saturated heterocycles. The van der Waals surface area contributed by atoms with Crippen LogP contribution in [0.5, 0.6) is 0 Å². The van der Waals surface area contributed by atoms with Crippen molar-refractivity contribution in [3.63, 3.8) is 0 Å². The van der Waals surface area contributed by atoms with Crippen molar-refractivity contribution < 1.29 is 19.7 Å². The Hall–Kier alpha value is -0.710. The van der Waals surface area contributed by atoms with Crippen LogP contribution in [0.1, 0.15) is 66.2 Å². The number of fused-ring (bicyclic) bond motifs is 5. The van der Waals surface area contributed by atoms with Crippen molar-refractivity contribution in [3.8, 4) is 0 Å². The second-order valence-corrected chi connectivity index (χ2v) is 10.5. The van der Waals surface area contributed by atoms with Crippen LogP contribution in [-0.4, -0.2) is 41.4 Å². The number of carbonyl (C=O) groups excluding carboxylic acids is 1. The van der Waals surface area contributed by atoms with Crippen molar-refractivity contribution in [2.45, 2.75) is 78.4 Å². The zero-order chi connectivity index (χ0) is 20.3. The molecule has 4 aliphatic rings. The summed E-state index contributed by atoms with van der Waals surface area (Å²) in [6.45, 7) is 9.57. The molecule has 0 aromatic carbocycles. The van der Waals surface area contributed by atoms with Gasteiger partial charge in [0.1, 0.15) is 0 Å². The molecule has 9 atom stereocenters.